The van der Waals surface area contributed by atoms with Crippen molar-refractivity contribution in [2.24, 2.45) is 0 Å². The number of carbonyl (C=O) groups excluding carboxylic acids is 1. The molecule has 1 heterocycles. The van der Waals surface area contributed by atoms with Crippen molar-refractivity contribution in [3.05, 3.63) is 35.0 Å². The first-order valence-corrected chi connectivity index (χ1v) is 6.26. The molecule has 2 aromatic rings. The summed E-state index contributed by atoms with van der Waals surface area (Å²) in [6.45, 7) is 6.99. The molecule has 96 valence electrons. The van der Waals surface area contributed by atoms with E-state index in [1.54, 1.807) is 0 Å². The predicted octanol–water partition coefficient (Wildman–Crippen LogP) is -0.899. The number of fused-ring (bicyclic) bond motifs is 1. The summed E-state index contributed by atoms with van der Waals surface area (Å²) < 4.78 is 2.19. The Bertz CT molecular complexity index is 602. The average molecular weight is 267 g/mol. The summed E-state index contributed by atoms with van der Waals surface area (Å²) in [5, 5.41) is 11.7. The molecule has 19 heavy (non-hydrogen) atoms. The van der Waals surface area contributed by atoms with Crippen LogP contribution in [0.25, 0.3) is 10.9 Å². The molecule has 0 aliphatic heterocycles. The Morgan fingerprint density at radius 1 is 1.21 bits per heavy atom. The van der Waals surface area contributed by atoms with Gasteiger partial charge in [-0.15, -0.1) is 0 Å². The van der Waals surface area contributed by atoms with Gasteiger partial charge in [0.1, 0.15) is 0 Å². The van der Waals surface area contributed by atoms with Crippen LogP contribution in [-0.2, 0) is 11.3 Å². The molecule has 0 unspecified atom stereocenters. The summed E-state index contributed by atoms with van der Waals surface area (Å²) in [6.07, 6.45) is 0.726. The Balaban J connectivity index is 0.00000180. The van der Waals surface area contributed by atoms with E-state index in [1.807, 2.05) is 0 Å². The van der Waals surface area contributed by atoms with Crippen molar-refractivity contribution in [3.63, 3.8) is 0 Å². The monoisotopic (exact) mass is 267 g/mol. The van der Waals surface area contributed by atoms with Crippen molar-refractivity contribution < 1.29 is 39.5 Å². The van der Waals surface area contributed by atoms with Crippen LogP contribution in [0.15, 0.2) is 18.2 Å². The standard InChI is InChI=1S/C15H19NO2.Na/c1-10-7-11(2)13-9-12(3)16(14(13)8-10)6-4-5-15(17)18;/h7-9H,4-6H2,1-3H3,(H,17,18);/q;+1/p-1. The summed E-state index contributed by atoms with van der Waals surface area (Å²) >= 11 is 0. The van der Waals surface area contributed by atoms with Crippen LogP contribution in [0, 0.1) is 20.8 Å². The van der Waals surface area contributed by atoms with E-state index in [2.05, 4.69) is 43.5 Å². The number of hydrogen-bond donors (Lipinski definition) is 0. The molecule has 0 saturated carbocycles. The number of aliphatic carboxylic acids is 1. The number of rotatable bonds is 4. The van der Waals surface area contributed by atoms with Gasteiger partial charge in [-0.25, -0.2) is 0 Å². The van der Waals surface area contributed by atoms with Gasteiger partial charge in [-0.05, 0) is 56.9 Å². The minimum Gasteiger partial charge on any atom is -0.550 e. The summed E-state index contributed by atoms with van der Waals surface area (Å²) in [5.41, 5.74) is 4.88. The molecular weight excluding hydrogens is 249 g/mol. The Morgan fingerprint density at radius 3 is 2.53 bits per heavy atom. The molecule has 1 aromatic heterocycles. The first-order chi connectivity index (χ1) is 8.49. The van der Waals surface area contributed by atoms with Gasteiger partial charge in [0.25, 0.3) is 0 Å². The molecule has 0 atom stereocenters. The van der Waals surface area contributed by atoms with E-state index in [4.69, 9.17) is 0 Å². The van der Waals surface area contributed by atoms with E-state index >= 15 is 0 Å². The van der Waals surface area contributed by atoms with E-state index < -0.39 is 5.97 Å². The minimum atomic E-state index is -0.975. The van der Waals surface area contributed by atoms with Gasteiger partial charge in [0, 0.05) is 29.1 Å². The van der Waals surface area contributed by atoms with Crippen molar-refractivity contribution in [3.8, 4) is 0 Å². The third kappa shape index (κ3) is 3.62. The second-order valence-electron chi connectivity index (χ2n) is 4.93. The third-order valence-electron chi connectivity index (χ3n) is 3.34. The van der Waals surface area contributed by atoms with Crippen LogP contribution in [0.4, 0.5) is 0 Å². The second kappa shape index (κ2) is 6.60. The van der Waals surface area contributed by atoms with Crippen molar-refractivity contribution in [1.82, 2.24) is 4.57 Å². The first-order valence-electron chi connectivity index (χ1n) is 6.26. The van der Waals surface area contributed by atoms with E-state index in [0.29, 0.717) is 6.42 Å². The molecule has 0 N–H and O–H groups in total. The van der Waals surface area contributed by atoms with E-state index in [1.165, 1.54) is 27.7 Å². The van der Waals surface area contributed by atoms with Crippen LogP contribution in [0.1, 0.15) is 29.7 Å². The van der Waals surface area contributed by atoms with Gasteiger partial charge < -0.3 is 14.5 Å². The Morgan fingerprint density at radius 2 is 1.89 bits per heavy atom. The zero-order valence-electron chi connectivity index (χ0n) is 12.1. The summed E-state index contributed by atoms with van der Waals surface area (Å²) in [5.74, 6) is -0.975. The smallest absolute Gasteiger partial charge is 0.550 e. The fourth-order valence-corrected chi connectivity index (χ4v) is 2.52. The first kappa shape index (κ1) is 16.3. The second-order valence-corrected chi connectivity index (χ2v) is 4.93. The number of hydrogen-bond acceptors (Lipinski definition) is 2. The molecule has 1 aromatic carbocycles. The Labute approximate surface area is 135 Å². The third-order valence-corrected chi connectivity index (χ3v) is 3.34. The number of carboxylic acid groups (broad SMARTS) is 1. The quantitative estimate of drug-likeness (QED) is 0.674. The molecule has 0 saturated heterocycles. The molecule has 3 nitrogen and oxygen atoms in total. The van der Waals surface area contributed by atoms with Gasteiger partial charge in [-0.2, -0.15) is 0 Å². The summed E-state index contributed by atoms with van der Waals surface area (Å²) in [4.78, 5) is 10.5. The van der Waals surface area contributed by atoms with Crippen molar-refractivity contribution in [1.29, 1.82) is 0 Å². The number of aryl methyl sites for hydroxylation is 4. The van der Waals surface area contributed by atoms with E-state index in [-0.39, 0.29) is 36.0 Å². The largest absolute Gasteiger partial charge is 1.00 e. The zero-order valence-corrected chi connectivity index (χ0v) is 14.1. The zero-order chi connectivity index (χ0) is 13.3. The number of carbonyl (C=O) groups is 1. The normalized spacial score (nSPS) is 10.5. The van der Waals surface area contributed by atoms with Crippen LogP contribution >= 0.6 is 0 Å². The molecular formula is C15H18NNaO2. The molecule has 0 fully saturated rings. The Kier molecular flexibility index (Phi) is 5.65. The van der Waals surface area contributed by atoms with Crippen LogP contribution in [-0.4, -0.2) is 10.5 Å². The number of aromatic nitrogens is 1. The van der Waals surface area contributed by atoms with E-state index in [9.17, 15) is 9.90 Å². The SMILES string of the molecule is Cc1cc(C)c2cc(C)n(CCCC(=O)[O-])c2c1.[Na+]. The number of carboxylic acids is 1. The maximum atomic E-state index is 10.5. The van der Waals surface area contributed by atoms with Crippen LogP contribution in [0.3, 0.4) is 0 Å². The number of benzene rings is 1. The maximum absolute atomic E-state index is 10.5. The fourth-order valence-electron chi connectivity index (χ4n) is 2.52. The van der Waals surface area contributed by atoms with Crippen LogP contribution in [0.5, 0.6) is 0 Å². The fraction of sp³-hybridized carbons (Fsp3) is 0.400. The predicted molar refractivity (Wildman–Crippen MR) is 70.4 cm³/mol. The molecule has 0 spiro atoms. The van der Waals surface area contributed by atoms with Crippen molar-refractivity contribution >= 4 is 16.9 Å². The summed E-state index contributed by atoms with van der Waals surface area (Å²) in [6, 6.07) is 6.50. The Hall–Kier alpha value is -0.770. The van der Waals surface area contributed by atoms with Crippen molar-refractivity contribution in [2.45, 2.75) is 40.2 Å². The minimum absolute atomic E-state index is 0. The van der Waals surface area contributed by atoms with Crippen molar-refractivity contribution in [2.75, 3.05) is 0 Å². The average Bonchev–Trinajstić information content (AvgIpc) is 2.56. The molecule has 0 radical (unpaired) electrons. The van der Waals surface area contributed by atoms with Gasteiger partial charge in [0.15, 0.2) is 0 Å². The van der Waals surface area contributed by atoms with Gasteiger partial charge >= 0.3 is 29.6 Å². The molecule has 2 rings (SSSR count). The van der Waals surface area contributed by atoms with Crippen LogP contribution < -0.4 is 34.7 Å². The van der Waals surface area contributed by atoms with Crippen LogP contribution in [0.2, 0.25) is 0 Å². The topological polar surface area (TPSA) is 45.1 Å². The van der Waals surface area contributed by atoms with Gasteiger partial charge in [-0.1, -0.05) is 6.07 Å². The molecule has 4 heteroatoms. The molecule has 0 amide bonds. The van der Waals surface area contributed by atoms with Gasteiger partial charge in [0.2, 0.25) is 0 Å². The summed E-state index contributed by atoms with van der Waals surface area (Å²) in [7, 11) is 0. The van der Waals surface area contributed by atoms with Gasteiger partial charge in [0.05, 0.1) is 0 Å². The number of nitrogens with zero attached hydrogens (tertiary/aromatic N) is 1. The maximum Gasteiger partial charge on any atom is 1.00 e. The molecule has 0 bridgehead atoms. The van der Waals surface area contributed by atoms with E-state index in [0.717, 1.165) is 6.54 Å². The molecule has 0 aliphatic rings. The van der Waals surface area contributed by atoms with Gasteiger partial charge in [-0.3, -0.25) is 0 Å². The molecule has 0 aliphatic carbocycles.